The lowest BCUT2D eigenvalue weighted by atomic mass is 10.1. The molecule has 1 aliphatic rings. The number of carbonyl (C=O) groups is 1. The molecule has 1 N–H and O–H groups in total. The third-order valence-electron chi connectivity index (χ3n) is 4.37. The van der Waals surface area contributed by atoms with Crippen LogP contribution in [-0.4, -0.2) is 18.0 Å². The first-order chi connectivity index (χ1) is 14.5. The minimum Gasteiger partial charge on any atom is -0.493 e. The lowest BCUT2D eigenvalue weighted by Gasteiger charge is -2.10. The van der Waals surface area contributed by atoms with Crippen molar-refractivity contribution in [3.63, 3.8) is 0 Å². The topological polar surface area (TPSA) is 60.5 Å². The van der Waals surface area contributed by atoms with Gasteiger partial charge in [0.2, 0.25) is 0 Å². The van der Waals surface area contributed by atoms with Gasteiger partial charge >= 0.3 is 0 Å². The Bertz CT molecular complexity index is 1170. The van der Waals surface area contributed by atoms with Crippen LogP contribution in [0.25, 0.3) is 6.08 Å². The van der Waals surface area contributed by atoms with Gasteiger partial charge in [-0.2, -0.15) is 0 Å². The van der Waals surface area contributed by atoms with Gasteiger partial charge in [-0.05, 0) is 29.8 Å². The number of nitrogens with zero attached hydrogens (tertiary/aromatic N) is 1. The summed E-state index contributed by atoms with van der Waals surface area (Å²) in [6.07, 6.45) is 6.67. The van der Waals surface area contributed by atoms with Gasteiger partial charge in [-0.25, -0.2) is 9.37 Å². The molecular formula is C22H16ClFN2O3S. The fourth-order valence-electron chi connectivity index (χ4n) is 2.95. The largest absolute Gasteiger partial charge is 0.493 e. The zero-order valence-electron chi connectivity index (χ0n) is 15.8. The first-order valence-corrected chi connectivity index (χ1v) is 10.1. The van der Waals surface area contributed by atoms with Crippen LogP contribution in [0, 0.1) is 5.82 Å². The Morgan fingerprint density at radius 3 is 2.97 bits per heavy atom. The Hall–Kier alpha value is -3.16. The number of thiazole rings is 1. The Kier molecular flexibility index (Phi) is 5.83. The maximum Gasteiger partial charge on any atom is 0.257 e. The first kappa shape index (κ1) is 20.1. The standard InChI is InChI=1S/C22H16ClFN2O3S/c1-28-19-11-16(23)9-15-8-14(6-7-29-20(15)19)21(27)26-22-25-12-17(30-22)10-13-4-2-3-5-18(13)24/h2-9,11-12H,10H2,1H3,(H,25,26,27). The van der Waals surface area contributed by atoms with E-state index in [0.29, 0.717) is 44.8 Å². The van der Waals surface area contributed by atoms with Gasteiger partial charge in [0.15, 0.2) is 16.6 Å². The number of fused-ring (bicyclic) bond motifs is 1. The number of benzene rings is 2. The van der Waals surface area contributed by atoms with Crippen LogP contribution in [0.2, 0.25) is 5.02 Å². The van der Waals surface area contributed by atoms with Gasteiger partial charge in [0, 0.05) is 39.7 Å². The normalized spacial score (nSPS) is 12.4. The molecule has 0 aliphatic carbocycles. The van der Waals surface area contributed by atoms with E-state index in [1.165, 1.54) is 30.8 Å². The van der Waals surface area contributed by atoms with Gasteiger partial charge in [0.25, 0.3) is 5.91 Å². The molecule has 8 heteroatoms. The maximum atomic E-state index is 13.8. The van der Waals surface area contributed by atoms with Crippen LogP contribution in [0.1, 0.15) is 16.0 Å². The quantitative estimate of drug-likeness (QED) is 0.569. The van der Waals surface area contributed by atoms with Crippen LogP contribution < -0.4 is 14.8 Å². The van der Waals surface area contributed by atoms with E-state index in [0.717, 1.165) is 4.88 Å². The minimum absolute atomic E-state index is 0.266. The molecule has 0 fully saturated rings. The fourth-order valence-corrected chi connectivity index (χ4v) is 4.00. The molecule has 152 valence electrons. The van der Waals surface area contributed by atoms with E-state index < -0.39 is 0 Å². The predicted molar refractivity (Wildman–Crippen MR) is 116 cm³/mol. The molecule has 0 bridgehead atoms. The second-order valence-corrected chi connectivity index (χ2v) is 7.95. The lowest BCUT2D eigenvalue weighted by molar-refractivity contribution is -0.112. The number of nitrogens with one attached hydrogen (secondary N) is 1. The van der Waals surface area contributed by atoms with Gasteiger partial charge in [0.05, 0.1) is 13.4 Å². The number of hydrogen-bond acceptors (Lipinski definition) is 5. The van der Waals surface area contributed by atoms with E-state index in [1.807, 2.05) is 0 Å². The molecule has 1 aromatic heterocycles. The monoisotopic (exact) mass is 442 g/mol. The van der Waals surface area contributed by atoms with Gasteiger partial charge in [-0.3, -0.25) is 10.1 Å². The van der Waals surface area contributed by atoms with E-state index in [1.54, 1.807) is 48.7 Å². The smallest absolute Gasteiger partial charge is 0.257 e. The Balaban J connectivity index is 1.52. The van der Waals surface area contributed by atoms with Crippen molar-refractivity contribution >= 4 is 40.1 Å². The summed E-state index contributed by atoms with van der Waals surface area (Å²) in [6, 6.07) is 9.91. The number of anilines is 1. The summed E-state index contributed by atoms with van der Waals surface area (Å²) in [5.74, 6) is 0.326. The molecule has 0 saturated heterocycles. The van der Waals surface area contributed by atoms with E-state index in [-0.39, 0.29) is 11.7 Å². The SMILES string of the molecule is COc1cc(Cl)cc2c1OC=CC(C(=O)Nc1ncc(Cc3ccccc3F)s1)=C2. The average molecular weight is 443 g/mol. The second kappa shape index (κ2) is 8.69. The summed E-state index contributed by atoms with van der Waals surface area (Å²) in [5.41, 5.74) is 1.56. The first-order valence-electron chi connectivity index (χ1n) is 8.95. The zero-order valence-corrected chi connectivity index (χ0v) is 17.4. The van der Waals surface area contributed by atoms with Gasteiger partial charge < -0.3 is 9.47 Å². The van der Waals surface area contributed by atoms with Crippen LogP contribution in [-0.2, 0) is 11.2 Å². The minimum atomic E-state index is -0.353. The van der Waals surface area contributed by atoms with Crippen LogP contribution >= 0.6 is 22.9 Å². The van der Waals surface area contributed by atoms with Crippen LogP contribution in [0.15, 0.2) is 60.5 Å². The molecule has 2 heterocycles. The highest BCUT2D eigenvalue weighted by atomic mass is 35.5. The molecule has 1 amide bonds. The molecule has 4 rings (SSSR count). The number of amides is 1. The summed E-state index contributed by atoms with van der Waals surface area (Å²) < 4.78 is 24.7. The number of hydrogen-bond donors (Lipinski definition) is 1. The highest BCUT2D eigenvalue weighted by molar-refractivity contribution is 7.15. The predicted octanol–water partition coefficient (Wildman–Crippen LogP) is 5.46. The Morgan fingerprint density at radius 2 is 2.17 bits per heavy atom. The molecule has 0 unspecified atom stereocenters. The Morgan fingerprint density at radius 1 is 1.33 bits per heavy atom. The second-order valence-electron chi connectivity index (χ2n) is 6.40. The molecule has 2 aromatic carbocycles. The molecule has 30 heavy (non-hydrogen) atoms. The summed E-state index contributed by atoms with van der Waals surface area (Å²) in [4.78, 5) is 17.8. The van der Waals surface area contributed by atoms with E-state index in [2.05, 4.69) is 10.3 Å². The summed E-state index contributed by atoms with van der Waals surface area (Å²) in [5, 5.41) is 3.66. The van der Waals surface area contributed by atoms with Crippen LogP contribution in [0.5, 0.6) is 11.5 Å². The van der Waals surface area contributed by atoms with Gasteiger partial charge in [-0.1, -0.05) is 29.8 Å². The van der Waals surface area contributed by atoms with Crippen LogP contribution in [0.3, 0.4) is 0 Å². The number of rotatable bonds is 5. The third-order valence-corrected chi connectivity index (χ3v) is 5.50. The molecule has 0 radical (unpaired) electrons. The van der Waals surface area contributed by atoms with Crippen molar-refractivity contribution in [3.8, 4) is 11.5 Å². The van der Waals surface area contributed by atoms with Crippen molar-refractivity contribution < 1.29 is 18.7 Å². The average Bonchev–Trinajstić information content (AvgIpc) is 3.04. The molecule has 3 aromatic rings. The van der Waals surface area contributed by atoms with Crippen molar-refractivity contribution in [1.82, 2.24) is 4.98 Å². The zero-order chi connectivity index (χ0) is 21.1. The Labute approximate surface area is 181 Å². The maximum absolute atomic E-state index is 13.8. The number of aromatic nitrogens is 1. The summed E-state index contributed by atoms with van der Waals surface area (Å²) >= 11 is 7.43. The number of methoxy groups -OCH3 is 1. The molecule has 5 nitrogen and oxygen atoms in total. The fraction of sp³-hybridized carbons (Fsp3) is 0.0909. The molecule has 0 saturated carbocycles. The van der Waals surface area contributed by atoms with Crippen molar-refractivity contribution in [2.75, 3.05) is 12.4 Å². The molecule has 1 aliphatic heterocycles. The molecule has 0 spiro atoms. The van der Waals surface area contributed by atoms with E-state index in [4.69, 9.17) is 21.1 Å². The van der Waals surface area contributed by atoms with Gasteiger partial charge in [0.1, 0.15) is 5.82 Å². The highest BCUT2D eigenvalue weighted by Gasteiger charge is 2.17. The van der Waals surface area contributed by atoms with Gasteiger partial charge in [-0.15, -0.1) is 11.3 Å². The highest BCUT2D eigenvalue weighted by Crippen LogP contribution is 2.37. The van der Waals surface area contributed by atoms with Crippen molar-refractivity contribution in [1.29, 1.82) is 0 Å². The van der Waals surface area contributed by atoms with Crippen LogP contribution in [0.4, 0.5) is 9.52 Å². The number of carbonyl (C=O) groups excluding carboxylic acids is 1. The summed E-state index contributed by atoms with van der Waals surface area (Å²) in [7, 11) is 1.52. The van der Waals surface area contributed by atoms with E-state index in [9.17, 15) is 9.18 Å². The molecular weight excluding hydrogens is 427 g/mol. The number of halogens is 2. The molecule has 0 atom stereocenters. The number of ether oxygens (including phenoxy) is 2. The third kappa shape index (κ3) is 4.37. The van der Waals surface area contributed by atoms with Crippen molar-refractivity contribution in [2.45, 2.75) is 6.42 Å². The summed E-state index contributed by atoms with van der Waals surface area (Å²) in [6.45, 7) is 0. The van der Waals surface area contributed by atoms with Crippen molar-refractivity contribution in [3.05, 3.63) is 87.4 Å². The lowest BCUT2D eigenvalue weighted by Crippen LogP contribution is -2.12. The van der Waals surface area contributed by atoms with Crippen molar-refractivity contribution in [2.24, 2.45) is 0 Å². The van der Waals surface area contributed by atoms with E-state index >= 15 is 0 Å².